The van der Waals surface area contributed by atoms with Crippen LogP contribution in [0.5, 0.6) is 0 Å². The highest BCUT2D eigenvalue weighted by Gasteiger charge is 2.21. The Bertz CT molecular complexity index is 858. The van der Waals surface area contributed by atoms with E-state index in [0.717, 1.165) is 24.2 Å². The summed E-state index contributed by atoms with van der Waals surface area (Å²) in [6.07, 6.45) is 1.48. The van der Waals surface area contributed by atoms with E-state index in [2.05, 4.69) is 10.3 Å². The summed E-state index contributed by atoms with van der Waals surface area (Å²) in [5, 5.41) is 22.8. The largest absolute Gasteiger partial charge is 0.366 e. The average molecular weight is 337 g/mol. The summed E-state index contributed by atoms with van der Waals surface area (Å²) in [6.45, 7) is 1.20. The summed E-state index contributed by atoms with van der Waals surface area (Å²) in [7, 11) is 0. The molecule has 8 nitrogen and oxygen atoms in total. The van der Waals surface area contributed by atoms with Crippen molar-refractivity contribution in [1.82, 2.24) is 4.98 Å². The SMILES string of the molecule is N#Cc1nc(NCc2ccc(N3CCCC3=O)cc2)ccc1[N+](=O)[O-]. The summed E-state index contributed by atoms with van der Waals surface area (Å²) >= 11 is 0. The predicted octanol–water partition coefficient (Wildman–Crippen LogP) is 2.60. The molecule has 0 bridgehead atoms. The van der Waals surface area contributed by atoms with Crippen LogP contribution in [-0.2, 0) is 11.3 Å². The minimum absolute atomic E-state index is 0.144. The van der Waals surface area contributed by atoms with Gasteiger partial charge in [-0.15, -0.1) is 0 Å². The van der Waals surface area contributed by atoms with Crippen LogP contribution < -0.4 is 10.2 Å². The van der Waals surface area contributed by atoms with Crippen molar-refractivity contribution in [2.75, 3.05) is 16.8 Å². The van der Waals surface area contributed by atoms with Crippen LogP contribution in [0.25, 0.3) is 0 Å². The Hall–Kier alpha value is -3.47. The van der Waals surface area contributed by atoms with Crippen molar-refractivity contribution in [3.63, 3.8) is 0 Å². The van der Waals surface area contributed by atoms with Crippen molar-refractivity contribution < 1.29 is 9.72 Å². The molecule has 1 aliphatic heterocycles. The smallest absolute Gasteiger partial charge is 0.305 e. The van der Waals surface area contributed by atoms with Gasteiger partial charge in [0.05, 0.1) is 4.92 Å². The average Bonchev–Trinajstić information content (AvgIpc) is 3.06. The van der Waals surface area contributed by atoms with E-state index in [0.29, 0.717) is 18.8 Å². The van der Waals surface area contributed by atoms with Gasteiger partial charge in [-0.05, 0) is 30.2 Å². The van der Waals surface area contributed by atoms with Gasteiger partial charge in [-0.1, -0.05) is 12.1 Å². The third-order valence-corrected chi connectivity index (χ3v) is 3.97. The number of nitrogens with one attached hydrogen (secondary N) is 1. The monoisotopic (exact) mass is 337 g/mol. The lowest BCUT2D eigenvalue weighted by Gasteiger charge is -2.16. The van der Waals surface area contributed by atoms with Crippen LogP contribution in [0.1, 0.15) is 24.1 Å². The standard InChI is InChI=1S/C17H15N5O3/c18-10-14-15(22(24)25)7-8-16(20-14)19-11-12-3-5-13(6-4-12)21-9-1-2-17(21)23/h3-8H,1-2,9,11H2,(H,19,20). The van der Waals surface area contributed by atoms with Gasteiger partial charge in [0.15, 0.2) is 0 Å². The van der Waals surface area contributed by atoms with Gasteiger partial charge in [0.2, 0.25) is 11.6 Å². The van der Waals surface area contributed by atoms with E-state index in [1.807, 2.05) is 24.3 Å². The van der Waals surface area contributed by atoms with Crippen LogP contribution in [0.15, 0.2) is 36.4 Å². The van der Waals surface area contributed by atoms with Gasteiger partial charge in [0.25, 0.3) is 0 Å². The van der Waals surface area contributed by atoms with Gasteiger partial charge in [-0.2, -0.15) is 5.26 Å². The van der Waals surface area contributed by atoms with Crippen molar-refractivity contribution in [3.05, 3.63) is 57.8 Å². The lowest BCUT2D eigenvalue weighted by molar-refractivity contribution is -0.385. The summed E-state index contributed by atoms with van der Waals surface area (Å²) in [6, 6.07) is 12.1. The molecule has 2 heterocycles. The van der Waals surface area contributed by atoms with E-state index in [1.165, 1.54) is 12.1 Å². The fraction of sp³-hybridized carbons (Fsp3) is 0.235. The molecule has 1 aliphatic rings. The molecule has 0 spiro atoms. The topological polar surface area (TPSA) is 112 Å². The second kappa shape index (κ2) is 6.97. The zero-order valence-electron chi connectivity index (χ0n) is 13.3. The molecule has 1 N–H and O–H groups in total. The number of pyridine rings is 1. The van der Waals surface area contributed by atoms with Gasteiger partial charge >= 0.3 is 5.69 Å². The minimum atomic E-state index is -0.631. The number of anilines is 2. The van der Waals surface area contributed by atoms with Gasteiger partial charge < -0.3 is 10.2 Å². The second-order valence-corrected chi connectivity index (χ2v) is 5.60. The fourth-order valence-corrected chi connectivity index (χ4v) is 2.69. The quantitative estimate of drug-likeness (QED) is 0.663. The predicted molar refractivity (Wildman–Crippen MR) is 91.0 cm³/mol. The van der Waals surface area contributed by atoms with Crippen LogP contribution in [0.4, 0.5) is 17.2 Å². The van der Waals surface area contributed by atoms with Crippen LogP contribution in [0.3, 0.4) is 0 Å². The Morgan fingerprint density at radius 2 is 2.04 bits per heavy atom. The molecule has 25 heavy (non-hydrogen) atoms. The number of benzene rings is 1. The molecular formula is C17H15N5O3. The lowest BCUT2D eigenvalue weighted by atomic mass is 10.2. The molecule has 3 rings (SSSR count). The number of hydrogen-bond donors (Lipinski definition) is 1. The maximum Gasteiger partial charge on any atom is 0.305 e. The van der Waals surface area contributed by atoms with E-state index in [4.69, 9.17) is 5.26 Å². The number of nitriles is 1. The number of aromatic nitrogens is 1. The molecule has 0 aliphatic carbocycles. The Kier molecular flexibility index (Phi) is 4.57. The van der Waals surface area contributed by atoms with Crippen molar-refractivity contribution in [1.29, 1.82) is 5.26 Å². The van der Waals surface area contributed by atoms with Crippen molar-refractivity contribution >= 4 is 23.1 Å². The Labute approximate surface area is 143 Å². The molecule has 2 aromatic rings. The molecule has 1 saturated heterocycles. The van der Waals surface area contributed by atoms with E-state index in [1.54, 1.807) is 11.0 Å². The molecule has 0 saturated carbocycles. The molecule has 1 aromatic carbocycles. The molecule has 1 amide bonds. The first kappa shape index (κ1) is 16.4. The Morgan fingerprint density at radius 3 is 2.64 bits per heavy atom. The number of nitro groups is 1. The normalized spacial score (nSPS) is 13.6. The summed E-state index contributed by atoms with van der Waals surface area (Å²) < 4.78 is 0. The summed E-state index contributed by atoms with van der Waals surface area (Å²) in [4.78, 5) is 27.6. The third-order valence-electron chi connectivity index (χ3n) is 3.97. The second-order valence-electron chi connectivity index (χ2n) is 5.60. The first-order chi connectivity index (χ1) is 12.1. The van der Waals surface area contributed by atoms with E-state index >= 15 is 0 Å². The molecule has 0 radical (unpaired) electrons. The van der Waals surface area contributed by atoms with Gasteiger partial charge in [0.1, 0.15) is 11.9 Å². The van der Waals surface area contributed by atoms with E-state index < -0.39 is 4.92 Å². The molecule has 126 valence electrons. The van der Waals surface area contributed by atoms with Crippen molar-refractivity contribution in [2.24, 2.45) is 0 Å². The first-order valence-corrected chi connectivity index (χ1v) is 7.77. The maximum absolute atomic E-state index is 11.7. The number of nitrogens with zero attached hydrogens (tertiary/aromatic N) is 4. The zero-order valence-corrected chi connectivity index (χ0v) is 13.3. The molecule has 0 unspecified atom stereocenters. The highest BCUT2D eigenvalue weighted by molar-refractivity contribution is 5.95. The number of rotatable bonds is 5. The van der Waals surface area contributed by atoms with Crippen LogP contribution in [-0.4, -0.2) is 22.4 Å². The number of carbonyl (C=O) groups excluding carboxylic acids is 1. The minimum Gasteiger partial charge on any atom is -0.366 e. The van der Waals surface area contributed by atoms with E-state index in [-0.39, 0.29) is 17.3 Å². The molecule has 0 atom stereocenters. The number of carbonyl (C=O) groups is 1. The van der Waals surface area contributed by atoms with Crippen LogP contribution in [0.2, 0.25) is 0 Å². The molecule has 1 aromatic heterocycles. The van der Waals surface area contributed by atoms with Crippen molar-refractivity contribution in [3.8, 4) is 6.07 Å². The fourth-order valence-electron chi connectivity index (χ4n) is 2.69. The number of amides is 1. The van der Waals surface area contributed by atoms with Crippen LogP contribution in [0, 0.1) is 21.4 Å². The van der Waals surface area contributed by atoms with E-state index in [9.17, 15) is 14.9 Å². The lowest BCUT2D eigenvalue weighted by Crippen LogP contribution is -2.23. The zero-order chi connectivity index (χ0) is 17.8. The van der Waals surface area contributed by atoms with Crippen molar-refractivity contribution in [2.45, 2.75) is 19.4 Å². The maximum atomic E-state index is 11.7. The highest BCUT2D eigenvalue weighted by atomic mass is 16.6. The van der Waals surface area contributed by atoms with Gasteiger partial charge in [-0.3, -0.25) is 14.9 Å². The Balaban J connectivity index is 1.67. The molecule has 1 fully saturated rings. The third kappa shape index (κ3) is 3.55. The Morgan fingerprint density at radius 1 is 1.28 bits per heavy atom. The molecular weight excluding hydrogens is 322 g/mol. The summed E-state index contributed by atoms with van der Waals surface area (Å²) in [5.41, 5.74) is 1.31. The highest BCUT2D eigenvalue weighted by Crippen LogP contribution is 2.22. The summed E-state index contributed by atoms with van der Waals surface area (Å²) in [5.74, 6) is 0.533. The van der Waals surface area contributed by atoms with Crippen LogP contribution >= 0.6 is 0 Å². The first-order valence-electron chi connectivity index (χ1n) is 7.77. The van der Waals surface area contributed by atoms with Gasteiger partial charge in [0, 0.05) is 31.3 Å². The molecule has 8 heteroatoms. The number of hydrogen-bond acceptors (Lipinski definition) is 6. The van der Waals surface area contributed by atoms with Gasteiger partial charge in [-0.25, -0.2) is 4.98 Å².